The average Bonchev–Trinajstić information content (AvgIpc) is 1.84. The van der Waals surface area contributed by atoms with E-state index in [1.165, 1.54) is 0 Å². The Morgan fingerprint density at radius 2 is 1.60 bits per heavy atom. The van der Waals surface area contributed by atoms with E-state index in [-0.39, 0.29) is 23.8 Å². The number of cyclic esters (lactones) is 2. The van der Waals surface area contributed by atoms with Crippen molar-refractivity contribution in [3.63, 3.8) is 0 Å². The number of carbonyl (C=O) groups is 2. The van der Waals surface area contributed by atoms with Crippen molar-refractivity contribution in [2.45, 2.75) is 20.3 Å². The Hall–Kier alpha value is -0.860. The van der Waals surface area contributed by atoms with Crippen molar-refractivity contribution in [1.82, 2.24) is 0 Å². The fraction of sp³-hybridized carbons (Fsp3) is 0.714. The smallest absolute Gasteiger partial charge is 0.316 e. The van der Waals surface area contributed by atoms with Gasteiger partial charge >= 0.3 is 11.9 Å². The van der Waals surface area contributed by atoms with E-state index < -0.39 is 0 Å². The molecule has 0 spiro atoms. The predicted molar refractivity (Wildman–Crippen MR) is 34.0 cm³/mol. The SMILES string of the molecule is C[C@@H]1C[C@@H](C)C(=O)OC1=O. The van der Waals surface area contributed by atoms with Crippen LogP contribution in [0, 0.1) is 11.8 Å². The first-order valence-electron chi connectivity index (χ1n) is 3.37. The lowest BCUT2D eigenvalue weighted by Gasteiger charge is -2.20. The molecule has 1 aliphatic rings. The van der Waals surface area contributed by atoms with Crippen molar-refractivity contribution < 1.29 is 14.3 Å². The highest BCUT2D eigenvalue weighted by molar-refractivity contribution is 5.90. The van der Waals surface area contributed by atoms with E-state index in [2.05, 4.69) is 4.74 Å². The van der Waals surface area contributed by atoms with Gasteiger partial charge in [-0.2, -0.15) is 0 Å². The molecule has 0 N–H and O–H groups in total. The Morgan fingerprint density at radius 3 is 1.90 bits per heavy atom. The number of rotatable bonds is 0. The third-order valence-corrected chi connectivity index (χ3v) is 1.71. The highest BCUT2D eigenvalue weighted by atomic mass is 16.6. The molecule has 1 saturated heterocycles. The molecule has 0 amide bonds. The highest BCUT2D eigenvalue weighted by Crippen LogP contribution is 2.20. The fourth-order valence-electron chi connectivity index (χ4n) is 1.02. The van der Waals surface area contributed by atoms with Gasteiger partial charge in [-0.15, -0.1) is 0 Å². The summed E-state index contributed by atoms with van der Waals surface area (Å²) in [6, 6.07) is 0. The van der Waals surface area contributed by atoms with Crippen LogP contribution in [-0.4, -0.2) is 11.9 Å². The second-order valence-electron chi connectivity index (χ2n) is 2.78. The highest BCUT2D eigenvalue weighted by Gasteiger charge is 2.30. The molecule has 1 rings (SSSR count). The van der Waals surface area contributed by atoms with Gasteiger partial charge in [0.15, 0.2) is 0 Å². The summed E-state index contributed by atoms with van der Waals surface area (Å²) in [7, 11) is 0. The maximum atomic E-state index is 10.7. The van der Waals surface area contributed by atoms with Gasteiger partial charge in [-0.1, -0.05) is 13.8 Å². The van der Waals surface area contributed by atoms with Crippen LogP contribution < -0.4 is 0 Å². The minimum atomic E-state index is -0.386. The summed E-state index contributed by atoms with van der Waals surface area (Å²) in [5.74, 6) is -1.01. The van der Waals surface area contributed by atoms with E-state index in [0.29, 0.717) is 6.42 Å². The average molecular weight is 142 g/mol. The van der Waals surface area contributed by atoms with E-state index in [1.54, 1.807) is 13.8 Å². The van der Waals surface area contributed by atoms with E-state index in [0.717, 1.165) is 0 Å². The van der Waals surface area contributed by atoms with Crippen LogP contribution in [0.2, 0.25) is 0 Å². The van der Waals surface area contributed by atoms with Gasteiger partial charge < -0.3 is 4.74 Å². The van der Waals surface area contributed by atoms with Crippen LogP contribution in [0.5, 0.6) is 0 Å². The van der Waals surface area contributed by atoms with Crippen LogP contribution in [0.3, 0.4) is 0 Å². The molecule has 0 radical (unpaired) electrons. The summed E-state index contributed by atoms with van der Waals surface area (Å²) in [6.45, 7) is 3.54. The van der Waals surface area contributed by atoms with E-state index >= 15 is 0 Å². The molecule has 1 aliphatic heterocycles. The molecule has 0 aliphatic carbocycles. The Morgan fingerprint density at radius 1 is 1.20 bits per heavy atom. The zero-order chi connectivity index (χ0) is 7.72. The van der Waals surface area contributed by atoms with Crippen LogP contribution in [0.25, 0.3) is 0 Å². The van der Waals surface area contributed by atoms with Gasteiger partial charge in [0.2, 0.25) is 0 Å². The first-order valence-corrected chi connectivity index (χ1v) is 3.37. The lowest BCUT2D eigenvalue weighted by atomic mass is 9.95. The summed E-state index contributed by atoms with van der Waals surface area (Å²) in [4.78, 5) is 21.4. The minimum Gasteiger partial charge on any atom is -0.393 e. The Labute approximate surface area is 59.4 Å². The molecule has 2 atom stereocenters. The molecule has 3 heteroatoms. The summed E-state index contributed by atoms with van der Waals surface area (Å²) in [6.07, 6.45) is 0.623. The molecule has 0 aromatic carbocycles. The van der Waals surface area contributed by atoms with Gasteiger partial charge in [-0.25, -0.2) is 0 Å². The van der Waals surface area contributed by atoms with Gasteiger partial charge in [0, 0.05) is 0 Å². The van der Waals surface area contributed by atoms with Crippen LogP contribution >= 0.6 is 0 Å². The number of hydrogen-bond donors (Lipinski definition) is 0. The van der Waals surface area contributed by atoms with Gasteiger partial charge in [-0.3, -0.25) is 9.59 Å². The number of ether oxygens (including phenoxy) is 1. The van der Waals surface area contributed by atoms with Gasteiger partial charge in [0.1, 0.15) is 0 Å². The molecule has 0 aromatic heterocycles. The Bertz CT molecular complexity index is 156. The minimum absolute atomic E-state index is 0.118. The quantitative estimate of drug-likeness (QED) is 0.370. The van der Waals surface area contributed by atoms with Crippen molar-refractivity contribution in [3.8, 4) is 0 Å². The molecule has 1 fully saturated rings. The normalized spacial score (nSPS) is 33.8. The van der Waals surface area contributed by atoms with Crippen LogP contribution in [0.1, 0.15) is 20.3 Å². The fourth-order valence-corrected chi connectivity index (χ4v) is 1.02. The van der Waals surface area contributed by atoms with Crippen molar-refractivity contribution in [2.75, 3.05) is 0 Å². The van der Waals surface area contributed by atoms with Gasteiger partial charge in [0.05, 0.1) is 11.8 Å². The van der Waals surface area contributed by atoms with Crippen LogP contribution in [0.15, 0.2) is 0 Å². The molecule has 0 aromatic rings. The molecule has 0 saturated carbocycles. The molecule has 1 heterocycles. The summed E-state index contributed by atoms with van der Waals surface area (Å²) in [5.41, 5.74) is 0. The zero-order valence-corrected chi connectivity index (χ0v) is 6.09. The van der Waals surface area contributed by atoms with Crippen LogP contribution in [-0.2, 0) is 14.3 Å². The topological polar surface area (TPSA) is 43.4 Å². The molecule has 10 heavy (non-hydrogen) atoms. The number of esters is 2. The van der Waals surface area contributed by atoms with E-state index in [1.807, 2.05) is 0 Å². The standard InChI is InChI=1S/C7H10O3/c1-4-3-5(2)7(9)10-6(4)8/h4-5H,3H2,1-2H3/t4-,5-/m1/s1. The van der Waals surface area contributed by atoms with Crippen molar-refractivity contribution in [1.29, 1.82) is 0 Å². The zero-order valence-electron chi connectivity index (χ0n) is 6.09. The lowest BCUT2D eigenvalue weighted by Crippen LogP contribution is -2.31. The molecule has 56 valence electrons. The monoisotopic (exact) mass is 142 g/mol. The first kappa shape index (κ1) is 7.25. The summed E-state index contributed by atoms with van der Waals surface area (Å²) in [5, 5.41) is 0. The Balaban J connectivity index is 2.63. The number of hydrogen-bond acceptors (Lipinski definition) is 3. The third kappa shape index (κ3) is 1.17. The van der Waals surface area contributed by atoms with Crippen molar-refractivity contribution in [2.24, 2.45) is 11.8 Å². The first-order chi connectivity index (χ1) is 4.61. The summed E-state index contributed by atoms with van der Waals surface area (Å²) >= 11 is 0. The third-order valence-electron chi connectivity index (χ3n) is 1.71. The van der Waals surface area contributed by atoms with Crippen LogP contribution in [0.4, 0.5) is 0 Å². The molecular formula is C7H10O3. The second kappa shape index (κ2) is 2.40. The molecular weight excluding hydrogens is 132 g/mol. The lowest BCUT2D eigenvalue weighted by molar-refractivity contribution is -0.170. The Kier molecular flexibility index (Phi) is 1.74. The van der Waals surface area contributed by atoms with E-state index in [4.69, 9.17) is 0 Å². The molecule has 0 bridgehead atoms. The van der Waals surface area contributed by atoms with E-state index in [9.17, 15) is 9.59 Å². The maximum absolute atomic E-state index is 10.7. The molecule has 0 unspecified atom stereocenters. The van der Waals surface area contributed by atoms with Gasteiger partial charge in [0.25, 0.3) is 0 Å². The van der Waals surface area contributed by atoms with Crippen molar-refractivity contribution in [3.05, 3.63) is 0 Å². The summed E-state index contributed by atoms with van der Waals surface area (Å²) < 4.78 is 4.43. The largest absolute Gasteiger partial charge is 0.393 e. The second-order valence-corrected chi connectivity index (χ2v) is 2.78. The number of carbonyl (C=O) groups excluding carboxylic acids is 2. The van der Waals surface area contributed by atoms with Crippen molar-refractivity contribution >= 4 is 11.9 Å². The molecule has 3 nitrogen and oxygen atoms in total. The predicted octanol–water partition coefficient (Wildman–Crippen LogP) is 0.732. The maximum Gasteiger partial charge on any atom is 0.316 e. The van der Waals surface area contributed by atoms with Gasteiger partial charge in [-0.05, 0) is 6.42 Å².